The molecule has 0 bridgehead atoms. The summed E-state index contributed by atoms with van der Waals surface area (Å²) in [6.07, 6.45) is 2.53. The van der Waals surface area contributed by atoms with Crippen molar-refractivity contribution in [3.8, 4) is 0 Å². The van der Waals surface area contributed by atoms with Crippen LogP contribution in [0.5, 0.6) is 0 Å². The minimum atomic E-state index is -0.618. The standard InChI is InChI=1S/C14H20N2O3S.ClH/c1-19-13(17)10-16(11-6-4-3-5-7-11)14(18)12(15)8-9-20-2;/h3-7,12H,8-10,15H2,1-2H3;1H/t12-;/m0./s1. The molecular weight excluding hydrogens is 312 g/mol. The number of nitrogens with two attached hydrogens (primary N) is 1. The third-order valence-corrected chi connectivity index (χ3v) is 3.44. The molecule has 1 amide bonds. The molecular formula is C14H21ClN2O3S. The molecule has 1 rings (SSSR count). The molecule has 7 heteroatoms. The Hall–Kier alpha value is -1.24. The van der Waals surface area contributed by atoms with E-state index in [0.29, 0.717) is 12.1 Å². The van der Waals surface area contributed by atoms with Crippen LogP contribution in [0.3, 0.4) is 0 Å². The van der Waals surface area contributed by atoms with Crippen LogP contribution in [-0.2, 0) is 14.3 Å². The maximum Gasteiger partial charge on any atom is 0.325 e. The van der Waals surface area contributed by atoms with Gasteiger partial charge in [-0.05, 0) is 30.6 Å². The molecule has 0 saturated carbocycles. The van der Waals surface area contributed by atoms with E-state index in [4.69, 9.17) is 5.73 Å². The number of amides is 1. The predicted octanol–water partition coefficient (Wildman–Crippen LogP) is 1.69. The van der Waals surface area contributed by atoms with Gasteiger partial charge in [0.15, 0.2) is 0 Å². The molecule has 0 aliphatic heterocycles. The summed E-state index contributed by atoms with van der Waals surface area (Å²) in [5.74, 6) is 0.0586. The summed E-state index contributed by atoms with van der Waals surface area (Å²) in [5.41, 5.74) is 6.54. The van der Waals surface area contributed by atoms with Crippen LogP contribution in [0.4, 0.5) is 5.69 Å². The van der Waals surface area contributed by atoms with Crippen molar-refractivity contribution in [3.63, 3.8) is 0 Å². The molecule has 1 aromatic carbocycles. The topological polar surface area (TPSA) is 72.6 Å². The van der Waals surface area contributed by atoms with Crippen LogP contribution < -0.4 is 10.6 Å². The number of hydrogen-bond acceptors (Lipinski definition) is 5. The lowest BCUT2D eigenvalue weighted by atomic mass is 10.2. The normalized spacial score (nSPS) is 11.2. The van der Waals surface area contributed by atoms with Crippen LogP contribution in [-0.4, -0.2) is 43.6 Å². The van der Waals surface area contributed by atoms with E-state index in [1.165, 1.54) is 12.0 Å². The highest BCUT2D eigenvalue weighted by Gasteiger charge is 2.24. The van der Waals surface area contributed by atoms with Crippen LogP contribution in [0, 0.1) is 0 Å². The number of carbonyl (C=O) groups excluding carboxylic acids is 2. The van der Waals surface area contributed by atoms with Crippen LogP contribution in [0.1, 0.15) is 6.42 Å². The number of halogens is 1. The van der Waals surface area contributed by atoms with Gasteiger partial charge < -0.3 is 10.5 Å². The van der Waals surface area contributed by atoms with E-state index in [0.717, 1.165) is 5.75 Å². The highest BCUT2D eigenvalue weighted by molar-refractivity contribution is 7.98. The zero-order valence-electron chi connectivity index (χ0n) is 12.2. The van der Waals surface area contributed by atoms with Crippen LogP contribution in [0.2, 0.25) is 0 Å². The van der Waals surface area contributed by atoms with Gasteiger partial charge in [0.05, 0.1) is 13.2 Å². The number of methoxy groups -OCH3 is 1. The maximum absolute atomic E-state index is 12.4. The highest BCUT2D eigenvalue weighted by Crippen LogP contribution is 2.15. The SMILES string of the molecule is COC(=O)CN(C(=O)[C@@H](N)CCSC)c1ccccc1.Cl. The first kappa shape index (κ1) is 19.8. The van der Waals surface area contributed by atoms with E-state index in [9.17, 15) is 9.59 Å². The number of nitrogens with zero attached hydrogens (tertiary/aromatic N) is 1. The van der Waals surface area contributed by atoms with Gasteiger partial charge in [0, 0.05) is 5.69 Å². The van der Waals surface area contributed by atoms with E-state index in [1.54, 1.807) is 36.0 Å². The van der Waals surface area contributed by atoms with Crippen LogP contribution in [0.25, 0.3) is 0 Å². The average molecular weight is 333 g/mol. The van der Waals surface area contributed by atoms with E-state index >= 15 is 0 Å². The van der Waals surface area contributed by atoms with E-state index in [2.05, 4.69) is 4.74 Å². The number of hydrogen-bond donors (Lipinski definition) is 1. The molecule has 0 aliphatic carbocycles. The Bertz CT molecular complexity index is 445. The number of thioether (sulfide) groups is 1. The largest absolute Gasteiger partial charge is 0.468 e. The van der Waals surface area contributed by atoms with Gasteiger partial charge in [-0.1, -0.05) is 18.2 Å². The molecule has 0 radical (unpaired) electrons. The van der Waals surface area contributed by atoms with Crippen molar-refractivity contribution in [2.45, 2.75) is 12.5 Å². The third kappa shape index (κ3) is 6.37. The van der Waals surface area contributed by atoms with Crippen molar-refractivity contribution in [1.82, 2.24) is 0 Å². The van der Waals surface area contributed by atoms with Crippen molar-refractivity contribution >= 4 is 41.7 Å². The summed E-state index contributed by atoms with van der Waals surface area (Å²) in [4.78, 5) is 25.2. The van der Waals surface area contributed by atoms with Gasteiger partial charge in [-0.2, -0.15) is 11.8 Å². The van der Waals surface area contributed by atoms with E-state index < -0.39 is 12.0 Å². The lowest BCUT2D eigenvalue weighted by Gasteiger charge is -2.24. The monoisotopic (exact) mass is 332 g/mol. The number of benzene rings is 1. The first-order valence-electron chi connectivity index (χ1n) is 6.28. The minimum Gasteiger partial charge on any atom is -0.468 e. The highest BCUT2D eigenvalue weighted by atomic mass is 35.5. The Morgan fingerprint density at radius 2 is 1.95 bits per heavy atom. The molecule has 21 heavy (non-hydrogen) atoms. The van der Waals surface area contributed by atoms with E-state index in [1.807, 2.05) is 12.3 Å². The number of esters is 1. The van der Waals surface area contributed by atoms with Crippen LogP contribution >= 0.6 is 24.2 Å². The Morgan fingerprint density at radius 3 is 2.48 bits per heavy atom. The average Bonchev–Trinajstić information content (AvgIpc) is 2.50. The van der Waals surface area contributed by atoms with Gasteiger partial charge in [0.1, 0.15) is 6.54 Å². The Balaban J connectivity index is 0.00000400. The quantitative estimate of drug-likeness (QED) is 0.769. The van der Waals surface area contributed by atoms with Gasteiger partial charge in [-0.25, -0.2) is 0 Å². The third-order valence-electron chi connectivity index (χ3n) is 2.80. The number of ether oxygens (including phenoxy) is 1. The molecule has 0 unspecified atom stereocenters. The first-order valence-corrected chi connectivity index (χ1v) is 7.67. The summed E-state index contributed by atoms with van der Waals surface area (Å²) < 4.78 is 4.64. The van der Waals surface area contributed by atoms with E-state index in [-0.39, 0.29) is 24.9 Å². The molecule has 5 nitrogen and oxygen atoms in total. The Kier molecular flexibility index (Phi) is 9.86. The second kappa shape index (κ2) is 10.5. The van der Waals surface area contributed by atoms with Gasteiger partial charge in [-0.3, -0.25) is 14.5 Å². The molecule has 0 aliphatic rings. The summed E-state index contributed by atoms with van der Waals surface area (Å²) in [7, 11) is 1.30. The lowest BCUT2D eigenvalue weighted by molar-refractivity contribution is -0.140. The van der Waals surface area contributed by atoms with Crippen molar-refractivity contribution in [2.75, 3.05) is 30.6 Å². The fourth-order valence-electron chi connectivity index (χ4n) is 1.67. The predicted molar refractivity (Wildman–Crippen MR) is 89.0 cm³/mol. The number of carbonyl (C=O) groups is 2. The van der Waals surface area contributed by atoms with Gasteiger partial charge in [0.25, 0.3) is 0 Å². The molecule has 1 atom stereocenters. The number of rotatable bonds is 7. The second-order valence-corrected chi connectivity index (χ2v) is 5.21. The molecule has 118 valence electrons. The van der Waals surface area contributed by atoms with Gasteiger partial charge in [0.2, 0.25) is 5.91 Å². The van der Waals surface area contributed by atoms with Crippen molar-refractivity contribution in [3.05, 3.63) is 30.3 Å². The smallest absolute Gasteiger partial charge is 0.325 e. The maximum atomic E-state index is 12.4. The number of para-hydroxylation sites is 1. The molecule has 0 aromatic heterocycles. The first-order chi connectivity index (χ1) is 9.60. The molecule has 0 heterocycles. The summed E-state index contributed by atoms with van der Waals surface area (Å²) in [6, 6.07) is 8.37. The summed E-state index contributed by atoms with van der Waals surface area (Å²) in [5, 5.41) is 0. The second-order valence-electron chi connectivity index (χ2n) is 4.22. The number of anilines is 1. The minimum absolute atomic E-state index is 0. The summed E-state index contributed by atoms with van der Waals surface area (Å²) >= 11 is 1.63. The molecule has 0 saturated heterocycles. The molecule has 0 fully saturated rings. The Labute approximate surface area is 135 Å². The molecule has 1 aromatic rings. The Morgan fingerprint density at radius 1 is 1.33 bits per heavy atom. The lowest BCUT2D eigenvalue weighted by Crippen LogP contribution is -2.46. The van der Waals surface area contributed by atoms with Gasteiger partial charge in [-0.15, -0.1) is 12.4 Å². The van der Waals surface area contributed by atoms with Crippen molar-refractivity contribution < 1.29 is 14.3 Å². The zero-order valence-corrected chi connectivity index (χ0v) is 13.8. The van der Waals surface area contributed by atoms with Crippen LogP contribution in [0.15, 0.2) is 30.3 Å². The van der Waals surface area contributed by atoms with Crippen molar-refractivity contribution in [1.29, 1.82) is 0 Å². The molecule has 2 N–H and O–H groups in total. The fraction of sp³-hybridized carbons (Fsp3) is 0.429. The zero-order chi connectivity index (χ0) is 15.0. The van der Waals surface area contributed by atoms with Crippen molar-refractivity contribution in [2.24, 2.45) is 5.73 Å². The fourth-order valence-corrected chi connectivity index (χ4v) is 2.16. The van der Waals surface area contributed by atoms with Gasteiger partial charge >= 0.3 is 5.97 Å². The summed E-state index contributed by atoms with van der Waals surface area (Å²) in [6.45, 7) is -0.133. The molecule has 0 spiro atoms.